The van der Waals surface area contributed by atoms with Crippen LogP contribution in [0.1, 0.15) is 24.5 Å². The SMILES string of the molecule is Cc1ccccc1C=CC(=O)NCC(C)CCO. The highest BCUT2D eigenvalue weighted by atomic mass is 16.3. The molecule has 0 saturated carbocycles. The Hall–Kier alpha value is -1.61. The summed E-state index contributed by atoms with van der Waals surface area (Å²) in [6.07, 6.45) is 4.08. The van der Waals surface area contributed by atoms with Crippen molar-refractivity contribution in [2.45, 2.75) is 20.3 Å². The molecule has 0 aromatic heterocycles. The predicted octanol–water partition coefficient (Wildman–Crippen LogP) is 2.14. The second kappa shape index (κ2) is 7.67. The second-order valence-corrected chi connectivity index (χ2v) is 4.55. The van der Waals surface area contributed by atoms with Gasteiger partial charge in [0.05, 0.1) is 0 Å². The Bertz CT molecular complexity index is 413. The van der Waals surface area contributed by atoms with Crippen molar-refractivity contribution in [3.05, 3.63) is 41.5 Å². The maximum atomic E-state index is 11.6. The highest BCUT2D eigenvalue weighted by Gasteiger charge is 2.02. The van der Waals surface area contributed by atoms with Gasteiger partial charge in [0.1, 0.15) is 0 Å². The van der Waals surface area contributed by atoms with E-state index in [4.69, 9.17) is 5.11 Å². The molecule has 2 N–H and O–H groups in total. The van der Waals surface area contributed by atoms with Crippen LogP contribution in [0.3, 0.4) is 0 Å². The number of amides is 1. The molecule has 3 heteroatoms. The zero-order chi connectivity index (χ0) is 13.4. The Labute approximate surface area is 109 Å². The molecule has 0 aliphatic rings. The van der Waals surface area contributed by atoms with Gasteiger partial charge in [-0.1, -0.05) is 31.2 Å². The van der Waals surface area contributed by atoms with Gasteiger partial charge in [0.25, 0.3) is 0 Å². The fourth-order valence-corrected chi connectivity index (χ4v) is 1.60. The minimum absolute atomic E-state index is 0.0944. The zero-order valence-corrected chi connectivity index (χ0v) is 11.0. The van der Waals surface area contributed by atoms with E-state index >= 15 is 0 Å². The lowest BCUT2D eigenvalue weighted by Gasteiger charge is -2.09. The van der Waals surface area contributed by atoms with Crippen molar-refractivity contribution < 1.29 is 9.90 Å². The third kappa shape index (κ3) is 5.15. The highest BCUT2D eigenvalue weighted by Crippen LogP contribution is 2.08. The molecule has 0 bridgehead atoms. The number of aryl methyl sites for hydroxylation is 1. The highest BCUT2D eigenvalue weighted by molar-refractivity contribution is 5.91. The quantitative estimate of drug-likeness (QED) is 0.757. The van der Waals surface area contributed by atoms with Gasteiger partial charge in [-0.05, 0) is 36.5 Å². The Kier molecular flexibility index (Phi) is 6.15. The summed E-state index contributed by atoms with van der Waals surface area (Å²) in [5, 5.41) is 11.6. The fourth-order valence-electron chi connectivity index (χ4n) is 1.60. The van der Waals surface area contributed by atoms with Crippen molar-refractivity contribution in [1.29, 1.82) is 0 Å². The van der Waals surface area contributed by atoms with Crippen molar-refractivity contribution >= 4 is 12.0 Å². The summed E-state index contributed by atoms with van der Waals surface area (Å²) in [7, 11) is 0. The normalized spacial score (nSPS) is 12.6. The van der Waals surface area contributed by atoms with Crippen molar-refractivity contribution in [2.75, 3.05) is 13.2 Å². The van der Waals surface area contributed by atoms with Crippen LogP contribution >= 0.6 is 0 Å². The third-order valence-electron chi connectivity index (χ3n) is 2.85. The van der Waals surface area contributed by atoms with Gasteiger partial charge in [-0.15, -0.1) is 0 Å². The zero-order valence-electron chi connectivity index (χ0n) is 11.0. The number of benzene rings is 1. The monoisotopic (exact) mass is 247 g/mol. The number of rotatable bonds is 6. The van der Waals surface area contributed by atoms with Crippen molar-refractivity contribution in [1.82, 2.24) is 5.32 Å². The molecule has 1 amide bonds. The summed E-state index contributed by atoms with van der Waals surface area (Å²) in [5.74, 6) is 0.203. The number of aliphatic hydroxyl groups excluding tert-OH is 1. The van der Waals surface area contributed by atoms with Crippen molar-refractivity contribution in [3.8, 4) is 0 Å². The second-order valence-electron chi connectivity index (χ2n) is 4.55. The van der Waals surface area contributed by atoms with Crippen LogP contribution < -0.4 is 5.32 Å². The van der Waals surface area contributed by atoms with Crippen LogP contribution in [-0.2, 0) is 4.79 Å². The molecule has 1 aromatic rings. The van der Waals surface area contributed by atoms with E-state index in [0.29, 0.717) is 18.9 Å². The summed E-state index contributed by atoms with van der Waals surface area (Å²) in [6, 6.07) is 7.92. The van der Waals surface area contributed by atoms with E-state index in [-0.39, 0.29) is 12.5 Å². The molecule has 0 spiro atoms. The minimum atomic E-state index is -0.0944. The molecule has 98 valence electrons. The maximum absolute atomic E-state index is 11.6. The molecular weight excluding hydrogens is 226 g/mol. The molecule has 0 saturated heterocycles. The van der Waals surface area contributed by atoms with Gasteiger partial charge in [-0.25, -0.2) is 0 Å². The Morgan fingerprint density at radius 3 is 2.83 bits per heavy atom. The van der Waals surface area contributed by atoms with Gasteiger partial charge in [0.2, 0.25) is 5.91 Å². The molecule has 1 aromatic carbocycles. The Balaban J connectivity index is 2.43. The van der Waals surface area contributed by atoms with Crippen LogP contribution in [0.2, 0.25) is 0 Å². The summed E-state index contributed by atoms with van der Waals surface area (Å²) in [4.78, 5) is 11.6. The fraction of sp³-hybridized carbons (Fsp3) is 0.400. The van der Waals surface area contributed by atoms with E-state index in [0.717, 1.165) is 11.1 Å². The van der Waals surface area contributed by atoms with Crippen LogP contribution in [-0.4, -0.2) is 24.2 Å². The number of hydrogen-bond donors (Lipinski definition) is 2. The minimum Gasteiger partial charge on any atom is -0.396 e. The van der Waals surface area contributed by atoms with Crippen LogP contribution in [0.25, 0.3) is 6.08 Å². The standard InChI is InChI=1S/C15H21NO2/c1-12(9-10-17)11-16-15(18)8-7-14-6-4-3-5-13(14)2/h3-8,12,17H,9-11H2,1-2H3,(H,16,18). The lowest BCUT2D eigenvalue weighted by Crippen LogP contribution is -2.26. The molecule has 18 heavy (non-hydrogen) atoms. The van der Waals surface area contributed by atoms with Gasteiger partial charge >= 0.3 is 0 Å². The molecule has 1 rings (SSSR count). The molecule has 0 radical (unpaired) electrons. The predicted molar refractivity (Wildman–Crippen MR) is 74.1 cm³/mol. The van der Waals surface area contributed by atoms with Gasteiger partial charge in [-0.3, -0.25) is 4.79 Å². The first-order valence-corrected chi connectivity index (χ1v) is 6.26. The van der Waals surface area contributed by atoms with E-state index < -0.39 is 0 Å². The van der Waals surface area contributed by atoms with Crippen LogP contribution in [0.5, 0.6) is 0 Å². The number of carbonyl (C=O) groups is 1. The van der Waals surface area contributed by atoms with Gasteiger partial charge in [-0.2, -0.15) is 0 Å². The van der Waals surface area contributed by atoms with E-state index in [9.17, 15) is 4.79 Å². The molecule has 0 fully saturated rings. The van der Waals surface area contributed by atoms with E-state index in [1.807, 2.05) is 44.2 Å². The molecule has 1 atom stereocenters. The lowest BCUT2D eigenvalue weighted by atomic mass is 10.1. The maximum Gasteiger partial charge on any atom is 0.244 e. The first-order chi connectivity index (χ1) is 8.63. The smallest absolute Gasteiger partial charge is 0.244 e. The van der Waals surface area contributed by atoms with Gasteiger partial charge in [0.15, 0.2) is 0 Å². The molecule has 0 heterocycles. The average molecular weight is 247 g/mol. The van der Waals surface area contributed by atoms with E-state index in [1.54, 1.807) is 6.08 Å². The van der Waals surface area contributed by atoms with Crippen LogP contribution in [0, 0.1) is 12.8 Å². The van der Waals surface area contributed by atoms with Crippen molar-refractivity contribution in [3.63, 3.8) is 0 Å². The topological polar surface area (TPSA) is 49.3 Å². The van der Waals surface area contributed by atoms with Crippen LogP contribution in [0.15, 0.2) is 30.3 Å². The summed E-state index contributed by atoms with van der Waals surface area (Å²) in [5.41, 5.74) is 2.20. The Morgan fingerprint density at radius 2 is 2.17 bits per heavy atom. The lowest BCUT2D eigenvalue weighted by molar-refractivity contribution is -0.116. The number of nitrogens with one attached hydrogen (secondary N) is 1. The van der Waals surface area contributed by atoms with Gasteiger partial charge in [0, 0.05) is 19.2 Å². The summed E-state index contributed by atoms with van der Waals surface area (Å²) in [6.45, 7) is 4.77. The largest absolute Gasteiger partial charge is 0.396 e. The summed E-state index contributed by atoms with van der Waals surface area (Å²) < 4.78 is 0. The summed E-state index contributed by atoms with van der Waals surface area (Å²) >= 11 is 0. The number of hydrogen-bond acceptors (Lipinski definition) is 2. The first-order valence-electron chi connectivity index (χ1n) is 6.26. The number of aliphatic hydroxyl groups is 1. The molecule has 0 aliphatic heterocycles. The molecule has 3 nitrogen and oxygen atoms in total. The molecular formula is C15H21NO2. The molecule has 0 aliphatic carbocycles. The third-order valence-corrected chi connectivity index (χ3v) is 2.85. The average Bonchev–Trinajstić information content (AvgIpc) is 2.36. The van der Waals surface area contributed by atoms with Crippen LogP contribution in [0.4, 0.5) is 0 Å². The molecule has 1 unspecified atom stereocenters. The number of carbonyl (C=O) groups excluding carboxylic acids is 1. The van der Waals surface area contributed by atoms with E-state index in [2.05, 4.69) is 5.32 Å². The van der Waals surface area contributed by atoms with Crippen molar-refractivity contribution in [2.24, 2.45) is 5.92 Å². The van der Waals surface area contributed by atoms with Gasteiger partial charge < -0.3 is 10.4 Å². The first kappa shape index (κ1) is 14.5. The van der Waals surface area contributed by atoms with E-state index in [1.165, 1.54) is 0 Å². The Morgan fingerprint density at radius 1 is 1.44 bits per heavy atom.